The second-order valence-corrected chi connectivity index (χ2v) is 9.61. The summed E-state index contributed by atoms with van der Waals surface area (Å²) in [5.74, 6) is 1.80. The van der Waals surface area contributed by atoms with Crippen LogP contribution in [0.15, 0.2) is 30.6 Å². The van der Waals surface area contributed by atoms with Crippen molar-refractivity contribution < 1.29 is 4.79 Å². The molecule has 0 N–H and O–H groups in total. The lowest BCUT2D eigenvalue weighted by molar-refractivity contribution is -0.132. The summed E-state index contributed by atoms with van der Waals surface area (Å²) in [4.78, 5) is 22.0. The quantitative estimate of drug-likeness (QED) is 0.470. The molecule has 1 saturated heterocycles. The van der Waals surface area contributed by atoms with Crippen LogP contribution in [0, 0.1) is 0 Å². The average molecular weight is 459 g/mol. The zero-order chi connectivity index (χ0) is 23.6. The minimum Gasteiger partial charge on any atom is -0.335 e. The van der Waals surface area contributed by atoms with Gasteiger partial charge in [-0.1, -0.05) is 13.0 Å². The van der Waals surface area contributed by atoms with Crippen LogP contribution in [0.4, 0.5) is 0 Å². The van der Waals surface area contributed by atoms with Crippen molar-refractivity contribution >= 4 is 16.8 Å². The number of fused-ring (bicyclic) bond motifs is 2. The summed E-state index contributed by atoms with van der Waals surface area (Å²) in [5.41, 5.74) is 6.18. The molecule has 34 heavy (non-hydrogen) atoms. The molecule has 6 rings (SSSR count). The molecule has 0 bridgehead atoms. The summed E-state index contributed by atoms with van der Waals surface area (Å²) in [6.07, 6.45) is 4.37. The van der Waals surface area contributed by atoms with Crippen LogP contribution in [-0.2, 0) is 32.0 Å². The summed E-state index contributed by atoms with van der Waals surface area (Å²) in [5, 5.41) is 10.2. The molecule has 2 aliphatic rings. The second kappa shape index (κ2) is 7.80. The lowest BCUT2D eigenvalue weighted by atomic mass is 10.0. The number of carbonyl (C=O) groups is 1. The molecule has 0 atom stereocenters. The van der Waals surface area contributed by atoms with Gasteiger partial charge in [0.15, 0.2) is 0 Å². The van der Waals surface area contributed by atoms with Gasteiger partial charge in [0.2, 0.25) is 5.91 Å². The Morgan fingerprint density at radius 2 is 1.91 bits per heavy atom. The van der Waals surface area contributed by atoms with E-state index in [1.807, 2.05) is 43.0 Å². The lowest BCUT2D eigenvalue weighted by Crippen LogP contribution is -2.44. The molecule has 0 saturated carbocycles. The smallest absolute Gasteiger partial charge is 0.222 e. The number of aromatic nitrogens is 6. The van der Waals surface area contributed by atoms with E-state index in [0.717, 1.165) is 71.1 Å². The Hall–Kier alpha value is -3.46. The largest absolute Gasteiger partial charge is 0.335 e. The molecule has 176 valence electrons. The Morgan fingerprint density at radius 3 is 2.62 bits per heavy atom. The van der Waals surface area contributed by atoms with E-state index in [9.17, 15) is 4.79 Å². The fourth-order valence-electron chi connectivity index (χ4n) is 5.41. The molecule has 0 spiro atoms. The molecule has 9 heteroatoms. The number of imidazole rings is 1. The van der Waals surface area contributed by atoms with Gasteiger partial charge in [-0.15, -0.1) is 0 Å². The summed E-state index contributed by atoms with van der Waals surface area (Å²) in [7, 11) is 6.04. The minimum absolute atomic E-state index is 0.199. The van der Waals surface area contributed by atoms with E-state index in [0.29, 0.717) is 18.9 Å². The van der Waals surface area contributed by atoms with E-state index >= 15 is 0 Å². The van der Waals surface area contributed by atoms with Gasteiger partial charge in [-0.3, -0.25) is 14.2 Å². The van der Waals surface area contributed by atoms with Crippen molar-refractivity contribution in [3.8, 4) is 22.5 Å². The highest BCUT2D eigenvalue weighted by Gasteiger charge is 2.34. The van der Waals surface area contributed by atoms with Gasteiger partial charge in [-0.25, -0.2) is 4.98 Å². The fourth-order valence-corrected chi connectivity index (χ4v) is 5.41. The molecule has 0 radical (unpaired) electrons. The van der Waals surface area contributed by atoms with E-state index in [4.69, 9.17) is 10.1 Å². The number of amides is 1. The maximum absolute atomic E-state index is 12.5. The third kappa shape index (κ3) is 3.26. The molecule has 0 unspecified atom stereocenters. The van der Waals surface area contributed by atoms with E-state index < -0.39 is 0 Å². The highest BCUT2D eigenvalue weighted by Crippen LogP contribution is 2.36. The molecule has 2 aliphatic heterocycles. The van der Waals surface area contributed by atoms with Crippen molar-refractivity contribution in [1.82, 2.24) is 38.9 Å². The summed E-state index contributed by atoms with van der Waals surface area (Å²) < 4.78 is 6.09. The normalized spacial score (nSPS) is 16.8. The number of rotatable bonds is 4. The van der Waals surface area contributed by atoms with Crippen molar-refractivity contribution in [2.75, 3.05) is 26.7 Å². The Labute approximate surface area is 198 Å². The topological polar surface area (TPSA) is 77.0 Å². The molecule has 1 amide bonds. The lowest BCUT2D eigenvalue weighted by Gasteiger charge is -2.37. The number of aryl methyl sites for hydroxylation is 2. The third-order valence-electron chi connectivity index (χ3n) is 7.22. The second-order valence-electron chi connectivity index (χ2n) is 9.61. The summed E-state index contributed by atoms with van der Waals surface area (Å²) in [6.45, 7) is 6.15. The predicted octanol–water partition coefficient (Wildman–Crippen LogP) is 2.62. The van der Waals surface area contributed by atoms with Crippen LogP contribution in [0.25, 0.3) is 33.4 Å². The Kier molecular flexibility index (Phi) is 4.84. The van der Waals surface area contributed by atoms with Crippen molar-refractivity contribution in [2.45, 2.75) is 32.4 Å². The number of likely N-dealkylation sites (tertiary alicyclic amines) is 1. The zero-order valence-electron chi connectivity index (χ0n) is 20.2. The van der Waals surface area contributed by atoms with Crippen LogP contribution >= 0.6 is 0 Å². The minimum atomic E-state index is 0.199. The maximum atomic E-state index is 12.5. The van der Waals surface area contributed by atoms with Crippen LogP contribution in [-0.4, -0.2) is 71.5 Å². The molecule has 9 nitrogen and oxygen atoms in total. The number of hydrogen-bond acceptors (Lipinski definition) is 5. The van der Waals surface area contributed by atoms with Gasteiger partial charge in [-0.2, -0.15) is 10.2 Å². The Morgan fingerprint density at radius 1 is 1.09 bits per heavy atom. The van der Waals surface area contributed by atoms with Crippen molar-refractivity contribution in [3.05, 3.63) is 42.1 Å². The van der Waals surface area contributed by atoms with E-state index in [1.54, 1.807) is 4.68 Å². The highest BCUT2D eigenvalue weighted by molar-refractivity contribution is 5.95. The number of likely N-dealkylation sites (N-methyl/N-ethyl adjacent to an activating group) is 1. The van der Waals surface area contributed by atoms with Crippen molar-refractivity contribution in [2.24, 2.45) is 14.1 Å². The van der Waals surface area contributed by atoms with Crippen LogP contribution in [0.5, 0.6) is 0 Å². The first-order valence-electron chi connectivity index (χ1n) is 11.9. The predicted molar refractivity (Wildman–Crippen MR) is 130 cm³/mol. The number of benzene rings is 1. The molecule has 1 fully saturated rings. The first-order chi connectivity index (χ1) is 16.4. The Bertz CT molecular complexity index is 1400. The summed E-state index contributed by atoms with van der Waals surface area (Å²) in [6, 6.07) is 6.46. The van der Waals surface area contributed by atoms with Crippen LogP contribution in [0.2, 0.25) is 0 Å². The fraction of sp³-hybridized carbons (Fsp3) is 0.440. The van der Waals surface area contributed by atoms with E-state index in [1.165, 1.54) is 0 Å². The third-order valence-corrected chi connectivity index (χ3v) is 7.22. The van der Waals surface area contributed by atoms with Gasteiger partial charge in [0.1, 0.15) is 11.5 Å². The number of hydrogen-bond donors (Lipinski definition) is 0. The molecule has 3 aromatic heterocycles. The van der Waals surface area contributed by atoms with Gasteiger partial charge in [-0.05, 0) is 19.2 Å². The highest BCUT2D eigenvalue weighted by atomic mass is 16.2. The first kappa shape index (κ1) is 21.1. The molecule has 0 aliphatic carbocycles. The molecular formula is C25H30N8O. The monoisotopic (exact) mass is 458 g/mol. The standard InChI is InChI=1S/C25H30N8O/c1-5-22(34)32-8-9-33-21(15-32)24(27-25(33)18-12-29(2)13-18)16-6-7-20-19(10-16)23(28-31(20)4)17-11-26-30(3)14-17/h6-7,10-11,14,18H,5,8-9,12-13,15H2,1-4H3. The SMILES string of the molecule is CCC(=O)N1CCn2c(C3CN(C)C3)nc(-c3ccc4c(c3)c(-c3cnn(C)c3)nn4C)c2C1. The Balaban J connectivity index is 1.49. The van der Waals surface area contributed by atoms with E-state index in [-0.39, 0.29) is 5.91 Å². The molecular weight excluding hydrogens is 428 g/mol. The number of carbonyl (C=O) groups excluding carboxylic acids is 1. The van der Waals surface area contributed by atoms with Crippen molar-refractivity contribution in [1.29, 1.82) is 0 Å². The summed E-state index contributed by atoms with van der Waals surface area (Å²) >= 11 is 0. The van der Waals surface area contributed by atoms with Gasteiger partial charge in [0.25, 0.3) is 0 Å². The molecule has 4 aromatic rings. The van der Waals surface area contributed by atoms with Crippen molar-refractivity contribution in [3.63, 3.8) is 0 Å². The maximum Gasteiger partial charge on any atom is 0.222 e. The van der Waals surface area contributed by atoms with Gasteiger partial charge in [0, 0.05) is 75.3 Å². The van der Waals surface area contributed by atoms with Gasteiger partial charge in [0.05, 0.1) is 29.6 Å². The number of nitrogens with zero attached hydrogens (tertiary/aromatic N) is 8. The van der Waals surface area contributed by atoms with Crippen LogP contribution in [0.3, 0.4) is 0 Å². The van der Waals surface area contributed by atoms with Gasteiger partial charge < -0.3 is 14.4 Å². The van der Waals surface area contributed by atoms with Gasteiger partial charge >= 0.3 is 0 Å². The molecule has 5 heterocycles. The zero-order valence-corrected chi connectivity index (χ0v) is 20.2. The van der Waals surface area contributed by atoms with Crippen LogP contribution in [0.1, 0.15) is 30.8 Å². The average Bonchev–Trinajstić information content (AvgIpc) is 3.51. The first-order valence-corrected chi connectivity index (χ1v) is 11.9. The van der Waals surface area contributed by atoms with Crippen LogP contribution < -0.4 is 0 Å². The molecule has 1 aromatic carbocycles. The van der Waals surface area contributed by atoms with E-state index in [2.05, 4.69) is 39.8 Å².